The maximum atomic E-state index is 11.2. The van der Waals surface area contributed by atoms with E-state index in [0.717, 1.165) is 22.7 Å². The van der Waals surface area contributed by atoms with Gasteiger partial charge in [-0.15, -0.1) is 0 Å². The van der Waals surface area contributed by atoms with Gasteiger partial charge in [0.1, 0.15) is 5.75 Å². The number of Topliss-reactive ketones (excluding diaryl/α,β-unsaturated/α-hetero) is 1. The van der Waals surface area contributed by atoms with Gasteiger partial charge in [-0.2, -0.15) is 0 Å². The molecular weight excluding hydrogens is 202 g/mol. The van der Waals surface area contributed by atoms with Crippen LogP contribution in [0.3, 0.4) is 0 Å². The van der Waals surface area contributed by atoms with Crippen molar-refractivity contribution < 1.29 is 9.53 Å². The van der Waals surface area contributed by atoms with Crippen LogP contribution in [0.5, 0.6) is 5.75 Å². The first kappa shape index (κ1) is 12.3. The molecule has 1 aromatic carbocycles. The second-order valence-corrected chi connectivity index (χ2v) is 3.66. The van der Waals surface area contributed by atoms with Gasteiger partial charge in [-0.05, 0) is 45.0 Å². The minimum absolute atomic E-state index is 0.0820. The Balaban J connectivity index is 2.81. The van der Waals surface area contributed by atoms with Crippen LogP contribution in [-0.2, 0) is 4.79 Å². The van der Waals surface area contributed by atoms with Crippen molar-refractivity contribution in [1.82, 2.24) is 0 Å². The first-order valence-electron chi connectivity index (χ1n) is 5.14. The normalized spacial score (nSPS) is 11.8. The molecule has 16 heavy (non-hydrogen) atoms. The van der Waals surface area contributed by atoms with Crippen molar-refractivity contribution >= 4 is 11.5 Å². The number of allylic oxidation sites excluding steroid dienone is 2. The molecule has 1 N–H and O–H groups in total. The number of methoxy groups -OCH3 is 1. The molecular formula is C13H17NO2. The van der Waals surface area contributed by atoms with Crippen molar-refractivity contribution in [3.8, 4) is 5.75 Å². The molecule has 0 saturated heterocycles. The molecule has 1 rings (SSSR count). The van der Waals surface area contributed by atoms with E-state index in [1.165, 1.54) is 0 Å². The summed E-state index contributed by atoms with van der Waals surface area (Å²) in [6.07, 6.45) is 0. The maximum absolute atomic E-state index is 11.2. The summed E-state index contributed by atoms with van der Waals surface area (Å²) in [6.45, 7) is 5.27. The van der Waals surface area contributed by atoms with Crippen LogP contribution in [0.1, 0.15) is 20.8 Å². The van der Waals surface area contributed by atoms with Crippen molar-refractivity contribution in [2.45, 2.75) is 20.8 Å². The van der Waals surface area contributed by atoms with E-state index < -0.39 is 0 Å². The Kier molecular flexibility index (Phi) is 4.11. The Hall–Kier alpha value is -1.77. The molecule has 0 bridgehead atoms. The number of anilines is 1. The first-order valence-corrected chi connectivity index (χ1v) is 5.14. The fourth-order valence-electron chi connectivity index (χ4n) is 1.25. The predicted octanol–water partition coefficient (Wildman–Crippen LogP) is 2.99. The third-order valence-corrected chi connectivity index (χ3v) is 2.51. The van der Waals surface area contributed by atoms with Crippen molar-refractivity contribution in [1.29, 1.82) is 0 Å². The monoisotopic (exact) mass is 219 g/mol. The second-order valence-electron chi connectivity index (χ2n) is 3.66. The molecule has 0 fully saturated rings. The van der Waals surface area contributed by atoms with Crippen molar-refractivity contribution in [2.75, 3.05) is 12.4 Å². The molecule has 0 aromatic heterocycles. The van der Waals surface area contributed by atoms with Gasteiger partial charge in [0.15, 0.2) is 5.78 Å². The van der Waals surface area contributed by atoms with Crippen LogP contribution in [0.4, 0.5) is 5.69 Å². The number of benzene rings is 1. The third-order valence-electron chi connectivity index (χ3n) is 2.51. The SMILES string of the molecule is COc1ccc(N/C(C)=C(/C)C(C)=O)cc1. The minimum atomic E-state index is 0.0820. The van der Waals surface area contributed by atoms with Crippen LogP contribution in [-0.4, -0.2) is 12.9 Å². The molecule has 0 aliphatic rings. The molecule has 3 heteroatoms. The molecule has 3 nitrogen and oxygen atoms in total. The molecule has 0 radical (unpaired) electrons. The lowest BCUT2D eigenvalue weighted by Gasteiger charge is -2.09. The highest BCUT2D eigenvalue weighted by atomic mass is 16.5. The highest BCUT2D eigenvalue weighted by Crippen LogP contribution is 2.17. The molecule has 0 amide bonds. The van der Waals surface area contributed by atoms with Crippen molar-refractivity contribution in [3.05, 3.63) is 35.5 Å². The fourth-order valence-corrected chi connectivity index (χ4v) is 1.25. The zero-order valence-corrected chi connectivity index (χ0v) is 10.1. The number of carbonyl (C=O) groups is 1. The largest absolute Gasteiger partial charge is 0.497 e. The number of hydrogen-bond donors (Lipinski definition) is 1. The predicted molar refractivity (Wildman–Crippen MR) is 65.7 cm³/mol. The number of ether oxygens (including phenoxy) is 1. The molecule has 0 saturated carbocycles. The van der Waals surface area contributed by atoms with E-state index in [-0.39, 0.29) is 5.78 Å². The summed E-state index contributed by atoms with van der Waals surface area (Å²) in [4.78, 5) is 11.2. The van der Waals surface area contributed by atoms with Gasteiger partial charge in [-0.1, -0.05) is 0 Å². The smallest absolute Gasteiger partial charge is 0.157 e. The Bertz CT molecular complexity index is 404. The molecule has 86 valence electrons. The van der Waals surface area contributed by atoms with Gasteiger partial charge in [-0.3, -0.25) is 4.79 Å². The lowest BCUT2D eigenvalue weighted by atomic mass is 10.1. The molecule has 0 heterocycles. The van der Waals surface area contributed by atoms with Crippen molar-refractivity contribution in [2.24, 2.45) is 0 Å². The van der Waals surface area contributed by atoms with Crippen molar-refractivity contribution in [3.63, 3.8) is 0 Å². The van der Waals surface area contributed by atoms with Gasteiger partial charge in [0, 0.05) is 17.0 Å². The number of carbonyl (C=O) groups excluding carboxylic acids is 1. The van der Waals surface area contributed by atoms with E-state index in [4.69, 9.17) is 4.74 Å². The summed E-state index contributed by atoms with van der Waals surface area (Å²) < 4.78 is 5.07. The van der Waals surface area contributed by atoms with Gasteiger partial charge < -0.3 is 10.1 Å². The van der Waals surface area contributed by atoms with Crippen LogP contribution in [0.25, 0.3) is 0 Å². The van der Waals surface area contributed by atoms with Gasteiger partial charge in [0.05, 0.1) is 7.11 Å². The zero-order valence-electron chi connectivity index (χ0n) is 10.1. The lowest BCUT2D eigenvalue weighted by molar-refractivity contribution is -0.113. The van der Waals surface area contributed by atoms with E-state index >= 15 is 0 Å². The van der Waals surface area contributed by atoms with Crippen LogP contribution in [0.15, 0.2) is 35.5 Å². The molecule has 0 aliphatic heterocycles. The maximum Gasteiger partial charge on any atom is 0.157 e. The molecule has 0 unspecified atom stereocenters. The van der Waals surface area contributed by atoms with Crippen LogP contribution in [0, 0.1) is 0 Å². The standard InChI is InChI=1S/C13H17NO2/c1-9(11(3)15)10(2)14-12-5-7-13(16-4)8-6-12/h5-8,14H,1-4H3/b10-9-. The molecule has 0 aliphatic carbocycles. The molecule has 0 spiro atoms. The quantitative estimate of drug-likeness (QED) is 0.791. The van der Waals surface area contributed by atoms with E-state index in [9.17, 15) is 4.79 Å². The fraction of sp³-hybridized carbons (Fsp3) is 0.308. The molecule has 0 atom stereocenters. The summed E-state index contributed by atoms with van der Waals surface area (Å²) >= 11 is 0. The summed E-state index contributed by atoms with van der Waals surface area (Å²) in [6, 6.07) is 7.57. The number of ketones is 1. The van der Waals surface area contributed by atoms with E-state index in [2.05, 4.69) is 5.32 Å². The summed E-state index contributed by atoms with van der Waals surface area (Å²) in [5.41, 5.74) is 2.56. The third kappa shape index (κ3) is 3.12. The topological polar surface area (TPSA) is 38.3 Å². The number of rotatable bonds is 4. The van der Waals surface area contributed by atoms with Crippen LogP contribution >= 0.6 is 0 Å². The highest BCUT2D eigenvalue weighted by molar-refractivity contribution is 5.93. The van der Waals surface area contributed by atoms with Gasteiger partial charge in [0.25, 0.3) is 0 Å². The Morgan fingerprint density at radius 3 is 2.12 bits per heavy atom. The Morgan fingerprint density at radius 1 is 1.12 bits per heavy atom. The minimum Gasteiger partial charge on any atom is -0.497 e. The first-order chi connectivity index (χ1) is 7.54. The number of nitrogens with one attached hydrogen (secondary N) is 1. The van der Waals surface area contributed by atoms with E-state index in [1.807, 2.05) is 38.1 Å². The molecule has 1 aromatic rings. The summed E-state index contributed by atoms with van der Waals surface area (Å²) in [7, 11) is 1.63. The lowest BCUT2D eigenvalue weighted by Crippen LogP contribution is -2.03. The Morgan fingerprint density at radius 2 is 1.69 bits per heavy atom. The summed E-state index contributed by atoms with van der Waals surface area (Å²) in [5.74, 6) is 0.897. The second kappa shape index (κ2) is 5.35. The number of hydrogen-bond acceptors (Lipinski definition) is 3. The zero-order chi connectivity index (χ0) is 12.1. The van der Waals surface area contributed by atoms with Gasteiger partial charge in [0.2, 0.25) is 0 Å². The highest BCUT2D eigenvalue weighted by Gasteiger charge is 2.02. The van der Waals surface area contributed by atoms with Gasteiger partial charge in [-0.25, -0.2) is 0 Å². The van der Waals surface area contributed by atoms with E-state index in [1.54, 1.807) is 14.0 Å². The average Bonchev–Trinajstić information content (AvgIpc) is 2.28. The average molecular weight is 219 g/mol. The van der Waals surface area contributed by atoms with Crippen LogP contribution in [0.2, 0.25) is 0 Å². The Labute approximate surface area is 96.1 Å². The van der Waals surface area contributed by atoms with Crippen LogP contribution < -0.4 is 10.1 Å². The van der Waals surface area contributed by atoms with Gasteiger partial charge >= 0.3 is 0 Å². The van der Waals surface area contributed by atoms with E-state index in [0.29, 0.717) is 0 Å². The summed E-state index contributed by atoms with van der Waals surface area (Å²) in [5, 5.41) is 3.18.